The van der Waals surface area contributed by atoms with E-state index < -0.39 is 0 Å². The van der Waals surface area contributed by atoms with Gasteiger partial charge in [-0.25, -0.2) is 9.37 Å². The van der Waals surface area contributed by atoms with Crippen LogP contribution in [0.5, 0.6) is 0 Å². The SMILES string of the molecule is CC(=O)c1cccc(Nc2ccc(C(=O)NCc3ccc(F)cc3)cn2)c1. The van der Waals surface area contributed by atoms with Crippen LogP contribution < -0.4 is 10.6 Å². The lowest BCUT2D eigenvalue weighted by molar-refractivity contribution is 0.0949. The molecule has 3 rings (SSSR count). The van der Waals surface area contributed by atoms with E-state index in [0.29, 0.717) is 23.5 Å². The van der Waals surface area contributed by atoms with E-state index in [1.807, 2.05) is 6.07 Å². The molecule has 0 saturated carbocycles. The summed E-state index contributed by atoms with van der Waals surface area (Å²) in [6.07, 6.45) is 1.47. The van der Waals surface area contributed by atoms with Crippen LogP contribution in [0.1, 0.15) is 33.2 Å². The van der Waals surface area contributed by atoms with Crippen LogP contribution in [0.4, 0.5) is 15.9 Å². The van der Waals surface area contributed by atoms with E-state index in [0.717, 1.165) is 11.3 Å². The summed E-state index contributed by atoms with van der Waals surface area (Å²) in [4.78, 5) is 27.9. The van der Waals surface area contributed by atoms with E-state index >= 15 is 0 Å². The second kappa shape index (κ2) is 8.23. The lowest BCUT2D eigenvalue weighted by Gasteiger charge is -2.08. The van der Waals surface area contributed by atoms with Crippen LogP contribution in [0.25, 0.3) is 0 Å². The van der Waals surface area contributed by atoms with Gasteiger partial charge in [0.05, 0.1) is 5.56 Å². The number of hydrogen-bond donors (Lipinski definition) is 2. The smallest absolute Gasteiger partial charge is 0.253 e. The third kappa shape index (κ3) is 4.98. The highest BCUT2D eigenvalue weighted by Crippen LogP contribution is 2.16. The molecule has 1 amide bonds. The molecule has 1 heterocycles. The predicted octanol–water partition coefficient (Wildman–Crippen LogP) is 4.10. The van der Waals surface area contributed by atoms with Crippen molar-refractivity contribution in [2.24, 2.45) is 0 Å². The highest BCUT2D eigenvalue weighted by Gasteiger charge is 2.07. The van der Waals surface area contributed by atoms with Crippen molar-refractivity contribution in [2.45, 2.75) is 13.5 Å². The zero-order chi connectivity index (χ0) is 19.2. The van der Waals surface area contributed by atoms with Crippen molar-refractivity contribution < 1.29 is 14.0 Å². The maximum atomic E-state index is 12.9. The molecule has 0 spiro atoms. The summed E-state index contributed by atoms with van der Waals surface area (Å²) in [6, 6.07) is 16.4. The molecule has 0 radical (unpaired) electrons. The molecule has 6 heteroatoms. The van der Waals surface area contributed by atoms with Crippen molar-refractivity contribution in [2.75, 3.05) is 5.32 Å². The van der Waals surface area contributed by atoms with Crippen molar-refractivity contribution in [1.29, 1.82) is 0 Å². The molecule has 0 aliphatic heterocycles. The van der Waals surface area contributed by atoms with Crippen LogP contribution in [0.2, 0.25) is 0 Å². The Morgan fingerprint density at radius 2 is 1.78 bits per heavy atom. The average Bonchev–Trinajstić information content (AvgIpc) is 2.68. The summed E-state index contributed by atoms with van der Waals surface area (Å²) in [7, 11) is 0. The number of benzene rings is 2. The number of ketones is 1. The van der Waals surface area contributed by atoms with Gasteiger partial charge in [0, 0.05) is 24.0 Å². The zero-order valence-corrected chi connectivity index (χ0v) is 14.7. The number of Topliss-reactive ketones (excluding diaryl/α,β-unsaturated/α-hetero) is 1. The molecule has 2 N–H and O–H groups in total. The van der Waals surface area contributed by atoms with Gasteiger partial charge in [0.25, 0.3) is 5.91 Å². The number of carbonyl (C=O) groups excluding carboxylic acids is 2. The Morgan fingerprint density at radius 3 is 2.44 bits per heavy atom. The fourth-order valence-corrected chi connectivity index (χ4v) is 2.45. The Kier molecular flexibility index (Phi) is 5.56. The number of nitrogens with one attached hydrogen (secondary N) is 2. The maximum absolute atomic E-state index is 12.9. The number of anilines is 2. The van der Waals surface area contributed by atoms with E-state index in [-0.39, 0.29) is 17.5 Å². The molecule has 0 fully saturated rings. The summed E-state index contributed by atoms with van der Waals surface area (Å²) in [5.41, 5.74) is 2.57. The number of hydrogen-bond acceptors (Lipinski definition) is 4. The van der Waals surface area contributed by atoms with Crippen molar-refractivity contribution in [1.82, 2.24) is 10.3 Å². The number of halogens is 1. The Bertz CT molecular complexity index is 954. The number of nitrogens with zero attached hydrogens (tertiary/aromatic N) is 1. The topological polar surface area (TPSA) is 71.1 Å². The monoisotopic (exact) mass is 363 g/mol. The summed E-state index contributed by atoms with van der Waals surface area (Å²) < 4.78 is 12.9. The van der Waals surface area contributed by atoms with Gasteiger partial charge in [-0.05, 0) is 48.9 Å². The molecule has 0 saturated heterocycles. The second-order valence-corrected chi connectivity index (χ2v) is 6.00. The van der Waals surface area contributed by atoms with Gasteiger partial charge in [0.2, 0.25) is 0 Å². The highest BCUT2D eigenvalue weighted by atomic mass is 19.1. The Morgan fingerprint density at radius 1 is 1.00 bits per heavy atom. The molecular weight excluding hydrogens is 345 g/mol. The highest BCUT2D eigenvalue weighted by molar-refractivity contribution is 5.95. The van der Waals surface area contributed by atoms with Crippen LogP contribution in [0.3, 0.4) is 0 Å². The first-order valence-electron chi connectivity index (χ1n) is 8.38. The molecule has 27 heavy (non-hydrogen) atoms. The third-order valence-corrected chi connectivity index (χ3v) is 3.93. The number of carbonyl (C=O) groups is 2. The third-order valence-electron chi connectivity index (χ3n) is 3.93. The van der Waals surface area contributed by atoms with Crippen molar-refractivity contribution >= 4 is 23.2 Å². The fraction of sp³-hybridized carbons (Fsp3) is 0.0952. The van der Waals surface area contributed by atoms with Gasteiger partial charge in [-0.3, -0.25) is 9.59 Å². The lowest BCUT2D eigenvalue weighted by atomic mass is 10.1. The molecule has 1 aromatic heterocycles. The lowest BCUT2D eigenvalue weighted by Crippen LogP contribution is -2.22. The van der Waals surface area contributed by atoms with E-state index in [1.54, 1.807) is 42.5 Å². The van der Waals surface area contributed by atoms with E-state index in [1.165, 1.54) is 25.3 Å². The van der Waals surface area contributed by atoms with Gasteiger partial charge in [0.1, 0.15) is 11.6 Å². The molecule has 136 valence electrons. The van der Waals surface area contributed by atoms with Gasteiger partial charge in [-0.1, -0.05) is 24.3 Å². The summed E-state index contributed by atoms with van der Waals surface area (Å²) in [5.74, 6) is -0.0336. The molecule has 0 bridgehead atoms. The summed E-state index contributed by atoms with van der Waals surface area (Å²) >= 11 is 0. The van der Waals surface area contributed by atoms with Crippen LogP contribution in [0.15, 0.2) is 66.9 Å². The molecular formula is C21H18FN3O2. The van der Waals surface area contributed by atoms with Gasteiger partial charge in [0.15, 0.2) is 5.78 Å². The largest absolute Gasteiger partial charge is 0.348 e. The molecule has 3 aromatic rings. The van der Waals surface area contributed by atoms with Crippen LogP contribution >= 0.6 is 0 Å². The Hall–Kier alpha value is -3.54. The standard InChI is InChI=1S/C21H18FN3O2/c1-14(26)16-3-2-4-19(11-16)25-20-10-7-17(13-23-20)21(27)24-12-15-5-8-18(22)9-6-15/h2-11,13H,12H2,1H3,(H,23,25)(H,24,27). The van der Waals surface area contributed by atoms with E-state index in [2.05, 4.69) is 15.6 Å². The van der Waals surface area contributed by atoms with Crippen molar-refractivity contribution in [3.05, 3.63) is 89.4 Å². The predicted molar refractivity (Wildman–Crippen MR) is 102 cm³/mol. The number of amides is 1. The van der Waals surface area contributed by atoms with Gasteiger partial charge in [-0.2, -0.15) is 0 Å². The van der Waals surface area contributed by atoms with Crippen LogP contribution in [-0.4, -0.2) is 16.7 Å². The molecule has 5 nitrogen and oxygen atoms in total. The molecule has 0 atom stereocenters. The van der Waals surface area contributed by atoms with E-state index in [9.17, 15) is 14.0 Å². The van der Waals surface area contributed by atoms with Crippen LogP contribution in [0, 0.1) is 5.82 Å². The van der Waals surface area contributed by atoms with Crippen molar-refractivity contribution in [3.8, 4) is 0 Å². The van der Waals surface area contributed by atoms with Crippen LogP contribution in [-0.2, 0) is 6.54 Å². The number of rotatable bonds is 6. The number of pyridine rings is 1. The Balaban J connectivity index is 1.61. The zero-order valence-electron chi connectivity index (χ0n) is 14.7. The fourth-order valence-electron chi connectivity index (χ4n) is 2.45. The first kappa shape index (κ1) is 18.3. The molecule has 0 aliphatic carbocycles. The minimum absolute atomic E-state index is 0.0141. The van der Waals surface area contributed by atoms with Gasteiger partial charge < -0.3 is 10.6 Å². The molecule has 0 unspecified atom stereocenters. The summed E-state index contributed by atoms with van der Waals surface area (Å²) in [6.45, 7) is 1.81. The average molecular weight is 363 g/mol. The quantitative estimate of drug-likeness (QED) is 0.647. The summed E-state index contributed by atoms with van der Waals surface area (Å²) in [5, 5.41) is 5.86. The first-order valence-corrected chi connectivity index (χ1v) is 8.38. The minimum atomic E-state index is -0.314. The van der Waals surface area contributed by atoms with Gasteiger partial charge in [-0.15, -0.1) is 0 Å². The molecule has 0 aliphatic rings. The number of aromatic nitrogens is 1. The minimum Gasteiger partial charge on any atom is -0.348 e. The van der Waals surface area contributed by atoms with Gasteiger partial charge >= 0.3 is 0 Å². The van der Waals surface area contributed by atoms with E-state index in [4.69, 9.17) is 0 Å². The normalized spacial score (nSPS) is 10.3. The Labute approximate surface area is 156 Å². The second-order valence-electron chi connectivity index (χ2n) is 6.00. The molecule has 2 aromatic carbocycles. The van der Waals surface area contributed by atoms with Crippen molar-refractivity contribution in [3.63, 3.8) is 0 Å². The first-order chi connectivity index (χ1) is 13.0. The maximum Gasteiger partial charge on any atom is 0.253 e.